The summed E-state index contributed by atoms with van der Waals surface area (Å²) in [6.45, 7) is 12.1. The molecule has 1 nitrogen and oxygen atoms in total. The minimum absolute atomic E-state index is 0.154. The van der Waals surface area contributed by atoms with Gasteiger partial charge in [0.25, 0.3) is 0 Å². The highest BCUT2D eigenvalue weighted by Crippen LogP contribution is 2.28. The van der Waals surface area contributed by atoms with Crippen LogP contribution in [0.15, 0.2) is 27.6 Å². The van der Waals surface area contributed by atoms with Crippen molar-refractivity contribution in [1.29, 1.82) is 0 Å². The molecule has 0 aliphatic rings. The lowest BCUT2D eigenvalue weighted by atomic mass is 10.1. The van der Waals surface area contributed by atoms with E-state index < -0.39 is 0 Å². The van der Waals surface area contributed by atoms with Crippen LogP contribution in [0.3, 0.4) is 0 Å². The Hall–Kier alpha value is 0.01000. The molecule has 0 amide bonds. The van der Waals surface area contributed by atoms with Crippen LogP contribution in [-0.4, -0.2) is 11.3 Å². The molecule has 3 heteroatoms. The van der Waals surface area contributed by atoms with Crippen molar-refractivity contribution in [3.05, 3.63) is 28.2 Å². The van der Waals surface area contributed by atoms with Crippen LogP contribution in [0.1, 0.15) is 46.6 Å². The average Bonchev–Trinajstić information content (AvgIpc) is 2.33. The van der Waals surface area contributed by atoms with Crippen LogP contribution >= 0.6 is 27.7 Å². The molecule has 19 heavy (non-hydrogen) atoms. The summed E-state index contributed by atoms with van der Waals surface area (Å²) in [6, 6.07) is 6.61. The second kappa shape index (κ2) is 7.70. The van der Waals surface area contributed by atoms with Gasteiger partial charge in [-0.25, -0.2) is 0 Å². The lowest BCUT2D eigenvalue weighted by Crippen LogP contribution is -2.35. The summed E-state index contributed by atoms with van der Waals surface area (Å²) in [7, 11) is 0. The first-order valence-corrected chi connectivity index (χ1v) is 8.76. The number of hydrogen-bond donors (Lipinski definition) is 1. The molecule has 0 aliphatic heterocycles. The van der Waals surface area contributed by atoms with Gasteiger partial charge in [0.15, 0.2) is 0 Å². The first-order valence-electron chi connectivity index (χ1n) is 6.98. The fraction of sp³-hybridized carbons (Fsp3) is 0.625. The minimum Gasteiger partial charge on any atom is -0.308 e. The van der Waals surface area contributed by atoms with Crippen LogP contribution in [0.2, 0.25) is 0 Å². The third kappa shape index (κ3) is 6.82. The summed E-state index contributed by atoms with van der Waals surface area (Å²) in [5, 5.41) is 3.57. The summed E-state index contributed by atoms with van der Waals surface area (Å²) < 4.78 is 1.16. The first kappa shape index (κ1) is 17.1. The van der Waals surface area contributed by atoms with Gasteiger partial charge in [0.2, 0.25) is 0 Å². The van der Waals surface area contributed by atoms with Gasteiger partial charge < -0.3 is 5.32 Å². The summed E-state index contributed by atoms with van der Waals surface area (Å²) in [4.78, 5) is 1.40. The van der Waals surface area contributed by atoms with Gasteiger partial charge in [0.1, 0.15) is 0 Å². The molecule has 1 rings (SSSR count). The zero-order valence-electron chi connectivity index (χ0n) is 12.7. The minimum atomic E-state index is 0.154. The number of rotatable bonds is 6. The third-order valence-electron chi connectivity index (χ3n) is 3.05. The number of nitrogens with one attached hydrogen (secondary N) is 1. The molecule has 0 heterocycles. The quantitative estimate of drug-likeness (QED) is 0.686. The van der Waals surface area contributed by atoms with E-state index >= 15 is 0 Å². The monoisotopic (exact) mass is 343 g/mol. The summed E-state index contributed by atoms with van der Waals surface area (Å²) in [5.74, 6) is 1.97. The maximum atomic E-state index is 3.57. The lowest BCUT2D eigenvalue weighted by molar-refractivity contribution is 0.422. The molecule has 1 aromatic carbocycles. The van der Waals surface area contributed by atoms with Gasteiger partial charge in [-0.05, 0) is 50.5 Å². The van der Waals surface area contributed by atoms with Gasteiger partial charge in [-0.3, -0.25) is 0 Å². The van der Waals surface area contributed by atoms with Crippen LogP contribution in [0.4, 0.5) is 0 Å². The largest absolute Gasteiger partial charge is 0.308 e. The number of halogens is 1. The normalized spacial score (nSPS) is 13.6. The van der Waals surface area contributed by atoms with Crippen molar-refractivity contribution in [2.24, 2.45) is 5.92 Å². The van der Waals surface area contributed by atoms with Crippen molar-refractivity contribution in [3.63, 3.8) is 0 Å². The van der Waals surface area contributed by atoms with E-state index in [2.05, 4.69) is 74.1 Å². The van der Waals surface area contributed by atoms with E-state index in [-0.39, 0.29) is 5.54 Å². The predicted octanol–water partition coefficient (Wildman–Crippen LogP) is 5.48. The van der Waals surface area contributed by atoms with E-state index in [9.17, 15) is 0 Å². The Morgan fingerprint density at radius 3 is 2.58 bits per heavy atom. The van der Waals surface area contributed by atoms with E-state index in [1.807, 2.05) is 11.8 Å². The SMILES string of the molecule is CCC(C)CSc1ccc(Br)cc1CNC(C)(C)C. The average molecular weight is 344 g/mol. The van der Waals surface area contributed by atoms with E-state index in [0.717, 1.165) is 16.9 Å². The maximum Gasteiger partial charge on any atom is 0.0221 e. The molecular formula is C16H26BrNS. The Kier molecular flexibility index (Phi) is 6.92. The molecule has 0 saturated carbocycles. The van der Waals surface area contributed by atoms with Crippen molar-refractivity contribution in [1.82, 2.24) is 5.32 Å². The Labute approximate surface area is 131 Å². The highest BCUT2D eigenvalue weighted by molar-refractivity contribution is 9.10. The first-order chi connectivity index (χ1) is 8.81. The smallest absolute Gasteiger partial charge is 0.0221 e. The van der Waals surface area contributed by atoms with Crippen molar-refractivity contribution in [2.45, 2.75) is 58.0 Å². The van der Waals surface area contributed by atoms with Crippen LogP contribution in [0, 0.1) is 5.92 Å². The standard InChI is InChI=1S/C16H26BrNS/c1-6-12(2)11-19-15-8-7-14(17)9-13(15)10-18-16(3,4)5/h7-9,12,18H,6,10-11H2,1-5H3. The molecule has 1 N–H and O–H groups in total. The molecule has 1 unspecified atom stereocenters. The van der Waals surface area contributed by atoms with Crippen LogP contribution in [0.25, 0.3) is 0 Å². The topological polar surface area (TPSA) is 12.0 Å². The number of hydrogen-bond acceptors (Lipinski definition) is 2. The lowest BCUT2D eigenvalue weighted by Gasteiger charge is -2.22. The highest BCUT2D eigenvalue weighted by Gasteiger charge is 2.11. The maximum absolute atomic E-state index is 3.57. The molecule has 0 saturated heterocycles. The Morgan fingerprint density at radius 2 is 2.00 bits per heavy atom. The van der Waals surface area contributed by atoms with Crippen LogP contribution < -0.4 is 5.32 Å². The fourth-order valence-corrected chi connectivity index (χ4v) is 3.13. The van der Waals surface area contributed by atoms with Gasteiger partial charge >= 0.3 is 0 Å². The number of benzene rings is 1. The van der Waals surface area contributed by atoms with Crippen LogP contribution in [-0.2, 0) is 6.54 Å². The molecule has 0 aromatic heterocycles. The van der Waals surface area contributed by atoms with Crippen molar-refractivity contribution in [2.75, 3.05) is 5.75 Å². The van der Waals surface area contributed by atoms with Crippen molar-refractivity contribution >= 4 is 27.7 Å². The highest BCUT2D eigenvalue weighted by atomic mass is 79.9. The molecule has 0 fully saturated rings. The molecule has 1 aromatic rings. The molecule has 1 atom stereocenters. The third-order valence-corrected chi connectivity index (χ3v) is 4.99. The molecule has 108 valence electrons. The van der Waals surface area contributed by atoms with Gasteiger partial charge in [0.05, 0.1) is 0 Å². The van der Waals surface area contributed by atoms with E-state index in [1.54, 1.807) is 0 Å². The Balaban J connectivity index is 2.74. The zero-order valence-corrected chi connectivity index (χ0v) is 15.1. The van der Waals surface area contributed by atoms with E-state index in [4.69, 9.17) is 0 Å². The zero-order chi connectivity index (χ0) is 14.5. The molecule has 0 aliphatic carbocycles. The molecule has 0 spiro atoms. The van der Waals surface area contributed by atoms with Gasteiger partial charge in [0, 0.05) is 27.2 Å². The summed E-state index contributed by atoms with van der Waals surface area (Å²) in [6.07, 6.45) is 1.25. The Morgan fingerprint density at radius 1 is 1.32 bits per heavy atom. The van der Waals surface area contributed by atoms with Gasteiger partial charge in [-0.1, -0.05) is 36.2 Å². The molecule has 0 radical (unpaired) electrons. The van der Waals surface area contributed by atoms with E-state index in [1.165, 1.54) is 22.6 Å². The second-order valence-electron chi connectivity index (χ2n) is 6.18. The van der Waals surface area contributed by atoms with Gasteiger partial charge in [-0.15, -0.1) is 11.8 Å². The van der Waals surface area contributed by atoms with Crippen molar-refractivity contribution in [3.8, 4) is 0 Å². The second-order valence-corrected chi connectivity index (χ2v) is 8.16. The Bertz CT molecular complexity index is 398. The molecular weight excluding hydrogens is 318 g/mol. The summed E-state index contributed by atoms with van der Waals surface area (Å²) in [5.41, 5.74) is 1.54. The predicted molar refractivity (Wildman–Crippen MR) is 90.9 cm³/mol. The van der Waals surface area contributed by atoms with Crippen molar-refractivity contribution < 1.29 is 0 Å². The number of thioether (sulfide) groups is 1. The summed E-state index contributed by atoms with van der Waals surface area (Å²) >= 11 is 5.55. The fourth-order valence-electron chi connectivity index (χ4n) is 1.54. The van der Waals surface area contributed by atoms with Crippen LogP contribution in [0.5, 0.6) is 0 Å². The molecule has 0 bridgehead atoms. The van der Waals surface area contributed by atoms with E-state index in [0.29, 0.717) is 0 Å². The van der Waals surface area contributed by atoms with Gasteiger partial charge in [-0.2, -0.15) is 0 Å².